The lowest BCUT2D eigenvalue weighted by Gasteiger charge is -2.23. The molecule has 0 N–H and O–H groups in total. The molecule has 0 saturated carbocycles. The minimum absolute atomic E-state index is 0.0462. The highest BCUT2D eigenvalue weighted by atomic mass is 35.5. The molecule has 1 heterocycles. The van der Waals surface area contributed by atoms with Crippen molar-refractivity contribution in [2.45, 2.75) is 19.9 Å². The lowest BCUT2D eigenvalue weighted by molar-refractivity contribution is 0.0985. The van der Waals surface area contributed by atoms with Gasteiger partial charge in [0.25, 0.3) is 5.91 Å². The summed E-state index contributed by atoms with van der Waals surface area (Å²) in [7, 11) is 0. The fourth-order valence-electron chi connectivity index (χ4n) is 2.53. The number of nitrogens with zero attached hydrogens (tertiary/aromatic N) is 1. The van der Waals surface area contributed by atoms with E-state index in [-0.39, 0.29) is 5.91 Å². The highest BCUT2D eigenvalue weighted by Gasteiger charge is 2.19. The van der Waals surface area contributed by atoms with Crippen molar-refractivity contribution in [1.82, 2.24) is 0 Å². The summed E-state index contributed by atoms with van der Waals surface area (Å²) in [6, 6.07) is 19.3. The van der Waals surface area contributed by atoms with E-state index >= 15 is 0 Å². The van der Waals surface area contributed by atoms with Crippen LogP contribution in [0.25, 0.3) is 0 Å². The number of amides is 1. The van der Waals surface area contributed by atoms with E-state index in [0.29, 0.717) is 17.1 Å². The number of hydrogen-bond donors (Lipinski definition) is 0. The Hall–Kier alpha value is -2.10. The molecule has 0 bridgehead atoms. The molecule has 4 heteroatoms. The fraction of sp³-hybridized carbons (Fsp3) is 0.150. The van der Waals surface area contributed by atoms with Gasteiger partial charge in [-0.25, -0.2) is 0 Å². The Morgan fingerprint density at radius 2 is 1.88 bits per heavy atom. The highest BCUT2D eigenvalue weighted by molar-refractivity contribution is 7.09. The van der Waals surface area contributed by atoms with Gasteiger partial charge in [0.15, 0.2) is 0 Å². The van der Waals surface area contributed by atoms with Crippen molar-refractivity contribution in [2.75, 3.05) is 4.90 Å². The first-order valence-electron chi connectivity index (χ1n) is 7.86. The molecule has 3 rings (SSSR count). The van der Waals surface area contributed by atoms with Crippen molar-refractivity contribution in [1.29, 1.82) is 0 Å². The van der Waals surface area contributed by atoms with Gasteiger partial charge in [0.1, 0.15) is 0 Å². The zero-order valence-electron chi connectivity index (χ0n) is 13.4. The first kappa shape index (κ1) is 16.7. The monoisotopic (exact) mass is 355 g/mol. The Bertz CT molecular complexity index is 812. The third-order valence-corrected chi connectivity index (χ3v) is 4.96. The van der Waals surface area contributed by atoms with Crippen LogP contribution in [0.1, 0.15) is 27.7 Å². The highest BCUT2D eigenvalue weighted by Crippen LogP contribution is 2.24. The molecular weight excluding hydrogens is 338 g/mol. The van der Waals surface area contributed by atoms with Gasteiger partial charge in [0, 0.05) is 21.2 Å². The van der Waals surface area contributed by atoms with E-state index in [0.717, 1.165) is 17.0 Å². The summed E-state index contributed by atoms with van der Waals surface area (Å²) < 4.78 is 0. The van der Waals surface area contributed by atoms with Crippen molar-refractivity contribution in [2.24, 2.45) is 0 Å². The van der Waals surface area contributed by atoms with Crippen LogP contribution in [0.5, 0.6) is 0 Å². The van der Waals surface area contributed by atoms with Crippen LogP contribution in [-0.4, -0.2) is 5.91 Å². The SMILES string of the molecule is CCc1ccc(N(Cc2cccs2)C(=O)c2cccc(Cl)c2)cc1. The smallest absolute Gasteiger partial charge is 0.258 e. The third-order valence-electron chi connectivity index (χ3n) is 3.87. The number of carbonyl (C=O) groups is 1. The normalized spacial score (nSPS) is 10.6. The molecule has 1 amide bonds. The molecule has 0 spiro atoms. The first-order chi connectivity index (χ1) is 11.7. The van der Waals surface area contributed by atoms with Crippen LogP contribution in [0.3, 0.4) is 0 Å². The van der Waals surface area contributed by atoms with Crippen molar-refractivity contribution >= 4 is 34.5 Å². The number of benzene rings is 2. The maximum absolute atomic E-state index is 13.1. The van der Waals surface area contributed by atoms with Crippen LogP contribution in [-0.2, 0) is 13.0 Å². The topological polar surface area (TPSA) is 20.3 Å². The molecule has 0 fully saturated rings. The Morgan fingerprint density at radius 3 is 2.50 bits per heavy atom. The standard InChI is InChI=1S/C20H18ClNOS/c1-2-15-8-10-18(11-9-15)22(14-19-7-4-12-24-19)20(23)16-5-3-6-17(21)13-16/h3-13H,2,14H2,1H3. The van der Waals surface area contributed by atoms with Gasteiger partial charge in [0.05, 0.1) is 6.54 Å². The molecule has 122 valence electrons. The molecular formula is C20H18ClNOS. The molecule has 0 aliphatic carbocycles. The summed E-state index contributed by atoms with van der Waals surface area (Å²) >= 11 is 7.70. The molecule has 0 saturated heterocycles. The zero-order valence-corrected chi connectivity index (χ0v) is 15.0. The number of thiophene rings is 1. The molecule has 0 atom stereocenters. The predicted molar refractivity (Wildman–Crippen MR) is 102 cm³/mol. The van der Waals surface area contributed by atoms with Crippen molar-refractivity contribution in [3.8, 4) is 0 Å². The van der Waals surface area contributed by atoms with Gasteiger partial charge in [-0.1, -0.05) is 42.8 Å². The van der Waals surface area contributed by atoms with Gasteiger partial charge >= 0.3 is 0 Å². The summed E-state index contributed by atoms with van der Waals surface area (Å²) in [4.78, 5) is 16.0. The zero-order chi connectivity index (χ0) is 16.9. The van der Waals surface area contributed by atoms with Gasteiger partial charge < -0.3 is 4.90 Å². The average Bonchev–Trinajstić information content (AvgIpc) is 3.12. The summed E-state index contributed by atoms with van der Waals surface area (Å²) in [6.45, 7) is 2.67. The Morgan fingerprint density at radius 1 is 1.08 bits per heavy atom. The quantitative estimate of drug-likeness (QED) is 0.565. The molecule has 2 aromatic carbocycles. The predicted octanol–water partition coefficient (Wildman–Crippen LogP) is 5.81. The lowest BCUT2D eigenvalue weighted by Crippen LogP contribution is -2.30. The van der Waals surface area contributed by atoms with Crippen molar-refractivity contribution < 1.29 is 4.79 Å². The number of carbonyl (C=O) groups excluding carboxylic acids is 1. The van der Waals surface area contributed by atoms with E-state index in [1.807, 2.05) is 29.6 Å². The first-order valence-corrected chi connectivity index (χ1v) is 9.12. The van der Waals surface area contributed by atoms with Gasteiger partial charge in [-0.05, 0) is 53.8 Å². The lowest BCUT2D eigenvalue weighted by atomic mass is 10.1. The van der Waals surface area contributed by atoms with E-state index in [4.69, 9.17) is 11.6 Å². The van der Waals surface area contributed by atoms with E-state index in [9.17, 15) is 4.79 Å². The molecule has 0 radical (unpaired) electrons. The number of hydrogen-bond acceptors (Lipinski definition) is 2. The van der Waals surface area contributed by atoms with Crippen LogP contribution in [0, 0.1) is 0 Å². The van der Waals surface area contributed by atoms with E-state index in [2.05, 4.69) is 19.1 Å². The largest absolute Gasteiger partial charge is 0.303 e. The molecule has 0 aliphatic heterocycles. The second kappa shape index (κ2) is 7.65. The average molecular weight is 356 g/mol. The maximum Gasteiger partial charge on any atom is 0.258 e. The Balaban J connectivity index is 1.95. The second-order valence-corrected chi connectivity index (χ2v) is 6.97. The van der Waals surface area contributed by atoms with Crippen LogP contribution < -0.4 is 4.90 Å². The molecule has 24 heavy (non-hydrogen) atoms. The van der Waals surface area contributed by atoms with Crippen LogP contribution >= 0.6 is 22.9 Å². The molecule has 0 unspecified atom stereocenters. The Labute approximate surface area is 151 Å². The Kier molecular flexibility index (Phi) is 5.34. The number of aryl methyl sites for hydroxylation is 1. The summed E-state index contributed by atoms with van der Waals surface area (Å²) in [5.41, 5.74) is 2.74. The third kappa shape index (κ3) is 3.86. The molecule has 1 aromatic heterocycles. The molecule has 0 aliphatic rings. The van der Waals surface area contributed by atoms with Gasteiger partial charge in [-0.15, -0.1) is 11.3 Å². The van der Waals surface area contributed by atoms with Crippen molar-refractivity contribution in [3.63, 3.8) is 0 Å². The summed E-state index contributed by atoms with van der Waals surface area (Å²) in [5.74, 6) is -0.0462. The maximum atomic E-state index is 13.1. The second-order valence-electron chi connectivity index (χ2n) is 5.50. The number of halogens is 1. The van der Waals surface area contributed by atoms with Crippen molar-refractivity contribution in [3.05, 3.63) is 87.1 Å². The van der Waals surface area contributed by atoms with E-state index in [1.54, 1.807) is 40.5 Å². The van der Waals surface area contributed by atoms with Crippen LogP contribution in [0.4, 0.5) is 5.69 Å². The number of anilines is 1. The molecule has 2 nitrogen and oxygen atoms in total. The molecule has 3 aromatic rings. The summed E-state index contributed by atoms with van der Waals surface area (Å²) in [6.07, 6.45) is 0.980. The van der Waals surface area contributed by atoms with Gasteiger partial charge in [-0.2, -0.15) is 0 Å². The minimum Gasteiger partial charge on any atom is -0.303 e. The van der Waals surface area contributed by atoms with Crippen LogP contribution in [0.15, 0.2) is 66.0 Å². The van der Waals surface area contributed by atoms with E-state index in [1.165, 1.54) is 5.56 Å². The van der Waals surface area contributed by atoms with Crippen LogP contribution in [0.2, 0.25) is 5.02 Å². The van der Waals surface area contributed by atoms with Gasteiger partial charge in [0.2, 0.25) is 0 Å². The van der Waals surface area contributed by atoms with Gasteiger partial charge in [-0.3, -0.25) is 4.79 Å². The number of rotatable bonds is 5. The van der Waals surface area contributed by atoms with E-state index < -0.39 is 0 Å². The summed E-state index contributed by atoms with van der Waals surface area (Å²) in [5, 5.41) is 2.59. The minimum atomic E-state index is -0.0462. The fourth-order valence-corrected chi connectivity index (χ4v) is 3.41.